The van der Waals surface area contributed by atoms with Crippen LogP contribution < -0.4 is 0 Å². The molecular formula is C7H16OS2. The van der Waals surface area contributed by atoms with Crippen molar-refractivity contribution in [2.75, 3.05) is 12.5 Å². The van der Waals surface area contributed by atoms with Crippen molar-refractivity contribution in [3.8, 4) is 0 Å². The van der Waals surface area contributed by atoms with Crippen molar-refractivity contribution in [3.63, 3.8) is 0 Å². The normalized spacial score (nSPS) is 14.9. The maximum Gasteiger partial charge on any atom is 0.110 e. The molecule has 0 amide bonds. The molecule has 62 valence electrons. The molecule has 0 radical (unpaired) electrons. The van der Waals surface area contributed by atoms with Gasteiger partial charge in [-0.15, -0.1) is 0 Å². The van der Waals surface area contributed by atoms with Crippen LogP contribution in [0.2, 0.25) is 0 Å². The third-order valence-corrected chi connectivity index (χ3v) is 5.93. The Bertz CT molecular complexity index is 130. The summed E-state index contributed by atoms with van der Waals surface area (Å²) in [6.07, 6.45) is 4.30. The molecule has 10 heavy (non-hydrogen) atoms. The first-order valence-corrected chi connectivity index (χ1v) is 5.93. The highest BCUT2D eigenvalue weighted by Crippen LogP contribution is 2.54. The smallest absolute Gasteiger partial charge is 0.110 e. The van der Waals surface area contributed by atoms with Crippen LogP contribution in [0.25, 0.3) is 0 Å². The van der Waals surface area contributed by atoms with Crippen LogP contribution in [0.15, 0.2) is 12.0 Å². The summed E-state index contributed by atoms with van der Waals surface area (Å²) in [7, 11) is -0.883. The van der Waals surface area contributed by atoms with Gasteiger partial charge in [-0.25, -0.2) is 0 Å². The maximum absolute atomic E-state index is 5.05. The molecule has 0 saturated carbocycles. The van der Waals surface area contributed by atoms with Crippen molar-refractivity contribution in [3.05, 3.63) is 12.0 Å². The zero-order valence-corrected chi connectivity index (χ0v) is 8.76. The molecule has 1 nitrogen and oxygen atoms in total. The number of hydrogen-bond acceptors (Lipinski definition) is 2. The van der Waals surface area contributed by atoms with Crippen LogP contribution in [0, 0.1) is 0 Å². The van der Waals surface area contributed by atoms with Crippen LogP contribution >= 0.6 is 22.9 Å². The lowest BCUT2D eigenvalue weighted by Crippen LogP contribution is -2.26. The summed E-state index contributed by atoms with van der Waals surface area (Å²) in [6, 6.07) is 0. The summed E-state index contributed by atoms with van der Waals surface area (Å²) in [4.78, 5) is -0.183. The standard InChI is InChI=1S/C7H16OS2/c1-6-10(4,5)7(2,3)8-9/h6,9H,1H2,2-5H3. The van der Waals surface area contributed by atoms with Crippen molar-refractivity contribution < 1.29 is 4.18 Å². The van der Waals surface area contributed by atoms with E-state index in [-0.39, 0.29) is 4.93 Å². The lowest BCUT2D eigenvalue weighted by atomic mass is 10.5. The fraction of sp³-hybridized carbons (Fsp3) is 0.714. The van der Waals surface area contributed by atoms with Crippen molar-refractivity contribution in [1.82, 2.24) is 0 Å². The molecule has 0 rings (SSSR count). The van der Waals surface area contributed by atoms with E-state index in [0.717, 1.165) is 0 Å². The predicted molar refractivity (Wildman–Crippen MR) is 53.8 cm³/mol. The Morgan fingerprint density at radius 1 is 1.50 bits per heavy atom. The van der Waals surface area contributed by atoms with Gasteiger partial charge in [0.05, 0.1) is 0 Å². The highest BCUT2D eigenvalue weighted by atomic mass is 32.3. The van der Waals surface area contributed by atoms with Crippen LogP contribution in [0.3, 0.4) is 0 Å². The van der Waals surface area contributed by atoms with E-state index in [1.165, 1.54) is 0 Å². The molecule has 0 saturated heterocycles. The first-order chi connectivity index (χ1) is 4.37. The van der Waals surface area contributed by atoms with Gasteiger partial charge < -0.3 is 4.18 Å². The molecule has 0 atom stereocenters. The van der Waals surface area contributed by atoms with Crippen molar-refractivity contribution >= 4 is 22.9 Å². The second kappa shape index (κ2) is 3.20. The first-order valence-electron chi connectivity index (χ1n) is 3.05. The molecule has 0 aliphatic rings. The lowest BCUT2D eigenvalue weighted by Gasteiger charge is -2.41. The summed E-state index contributed by atoms with van der Waals surface area (Å²) in [5.74, 6) is 0. The molecule has 0 N–H and O–H groups in total. The van der Waals surface area contributed by atoms with E-state index in [0.29, 0.717) is 0 Å². The van der Waals surface area contributed by atoms with Gasteiger partial charge in [-0.3, -0.25) is 0 Å². The molecule has 0 bridgehead atoms. The van der Waals surface area contributed by atoms with Crippen LogP contribution in [0.5, 0.6) is 0 Å². The summed E-state index contributed by atoms with van der Waals surface area (Å²) in [6.45, 7) is 7.82. The number of rotatable bonds is 3. The Morgan fingerprint density at radius 2 is 1.90 bits per heavy atom. The molecule has 0 heterocycles. The van der Waals surface area contributed by atoms with E-state index in [2.05, 4.69) is 32.0 Å². The minimum atomic E-state index is -0.883. The SMILES string of the molecule is C=CS(C)(C)C(C)(C)OS. The van der Waals surface area contributed by atoms with E-state index >= 15 is 0 Å². The minimum Gasteiger partial charge on any atom is -0.303 e. The molecule has 0 spiro atoms. The monoisotopic (exact) mass is 180 g/mol. The van der Waals surface area contributed by atoms with E-state index in [1.54, 1.807) is 0 Å². The van der Waals surface area contributed by atoms with Gasteiger partial charge in [0.1, 0.15) is 4.93 Å². The molecular weight excluding hydrogens is 164 g/mol. The maximum atomic E-state index is 5.05. The fourth-order valence-electron chi connectivity index (χ4n) is 0.297. The van der Waals surface area contributed by atoms with Gasteiger partial charge in [-0.05, 0) is 39.3 Å². The third-order valence-electron chi connectivity index (χ3n) is 1.90. The zero-order valence-electron chi connectivity index (χ0n) is 7.05. The predicted octanol–water partition coefficient (Wildman–Crippen LogP) is 2.79. The third kappa shape index (κ3) is 1.94. The van der Waals surface area contributed by atoms with Crippen LogP contribution in [-0.2, 0) is 4.18 Å². The topological polar surface area (TPSA) is 9.23 Å². The second-order valence-electron chi connectivity index (χ2n) is 3.06. The van der Waals surface area contributed by atoms with Crippen LogP contribution in [-0.4, -0.2) is 17.4 Å². The average molecular weight is 180 g/mol. The van der Waals surface area contributed by atoms with E-state index in [4.69, 9.17) is 4.18 Å². The molecule has 3 heteroatoms. The molecule has 0 aromatic heterocycles. The number of thiol groups is 1. The second-order valence-corrected chi connectivity index (χ2v) is 7.37. The molecule has 0 aliphatic carbocycles. The van der Waals surface area contributed by atoms with Crippen molar-refractivity contribution in [1.29, 1.82) is 0 Å². The highest BCUT2D eigenvalue weighted by molar-refractivity contribution is 8.36. The van der Waals surface area contributed by atoms with Crippen molar-refractivity contribution in [2.45, 2.75) is 18.8 Å². The minimum absolute atomic E-state index is 0.183. The van der Waals surface area contributed by atoms with Gasteiger partial charge in [0, 0.05) is 0 Å². The van der Waals surface area contributed by atoms with Crippen LogP contribution in [0.4, 0.5) is 0 Å². The van der Waals surface area contributed by atoms with Gasteiger partial charge in [0.15, 0.2) is 0 Å². The quantitative estimate of drug-likeness (QED) is 0.519. The first kappa shape index (κ1) is 10.4. The Balaban J connectivity index is 4.43. The Morgan fingerprint density at radius 3 is 2.00 bits per heavy atom. The Labute approximate surface area is 70.8 Å². The molecule has 0 unspecified atom stereocenters. The van der Waals surface area contributed by atoms with Gasteiger partial charge in [0.2, 0.25) is 0 Å². The fourth-order valence-corrected chi connectivity index (χ4v) is 1.47. The van der Waals surface area contributed by atoms with Crippen LogP contribution in [0.1, 0.15) is 13.8 Å². The summed E-state index contributed by atoms with van der Waals surface area (Å²) < 4.78 is 5.05. The van der Waals surface area contributed by atoms with E-state index in [1.807, 2.05) is 19.3 Å². The average Bonchev–Trinajstić information content (AvgIpc) is 1.88. The summed E-state index contributed by atoms with van der Waals surface area (Å²) >= 11 is 3.82. The Hall–Kier alpha value is 0.400. The van der Waals surface area contributed by atoms with Gasteiger partial charge in [-0.2, -0.15) is 10.0 Å². The highest BCUT2D eigenvalue weighted by Gasteiger charge is 2.30. The molecule has 0 fully saturated rings. The van der Waals surface area contributed by atoms with Gasteiger partial charge in [-0.1, -0.05) is 12.0 Å². The number of hydrogen-bond donors (Lipinski definition) is 1. The molecule has 0 aromatic rings. The zero-order chi connectivity index (χ0) is 8.41. The molecule has 0 aromatic carbocycles. The van der Waals surface area contributed by atoms with E-state index < -0.39 is 10.0 Å². The van der Waals surface area contributed by atoms with Crippen molar-refractivity contribution in [2.24, 2.45) is 0 Å². The van der Waals surface area contributed by atoms with E-state index in [9.17, 15) is 0 Å². The largest absolute Gasteiger partial charge is 0.303 e. The molecule has 0 aliphatic heterocycles. The lowest BCUT2D eigenvalue weighted by molar-refractivity contribution is 0.251. The van der Waals surface area contributed by atoms with Gasteiger partial charge >= 0.3 is 0 Å². The summed E-state index contributed by atoms with van der Waals surface area (Å²) in [5, 5.41) is 1.96. The van der Waals surface area contributed by atoms with Gasteiger partial charge in [0.25, 0.3) is 0 Å². The Kier molecular flexibility index (Phi) is 3.33. The summed E-state index contributed by atoms with van der Waals surface area (Å²) in [5.41, 5.74) is 0.